The number of carbonyl (C=O) groups is 1. The molecule has 84 valence electrons. The van der Waals surface area contributed by atoms with Crippen LogP contribution in [0.3, 0.4) is 0 Å². The SMILES string of the molecule is CNc1nnc([C@H](NC(=O)O)C(C)C)o1. The topological polar surface area (TPSA) is 100 Å². The van der Waals surface area contributed by atoms with Crippen LogP contribution in [0.1, 0.15) is 25.8 Å². The lowest BCUT2D eigenvalue weighted by atomic mass is 10.1. The second-order valence-corrected chi connectivity index (χ2v) is 3.37. The van der Waals surface area contributed by atoms with E-state index in [4.69, 9.17) is 9.52 Å². The van der Waals surface area contributed by atoms with Crippen LogP contribution < -0.4 is 10.6 Å². The van der Waals surface area contributed by atoms with Crippen LogP contribution in [0.2, 0.25) is 0 Å². The highest BCUT2D eigenvalue weighted by atomic mass is 16.4. The summed E-state index contributed by atoms with van der Waals surface area (Å²) in [5, 5.41) is 21.1. The molecule has 0 saturated heterocycles. The first-order valence-corrected chi connectivity index (χ1v) is 4.55. The van der Waals surface area contributed by atoms with Crippen molar-refractivity contribution >= 4 is 12.1 Å². The van der Waals surface area contributed by atoms with Gasteiger partial charge in [0.05, 0.1) is 0 Å². The molecule has 15 heavy (non-hydrogen) atoms. The molecule has 0 aliphatic rings. The van der Waals surface area contributed by atoms with Crippen molar-refractivity contribution in [3.05, 3.63) is 5.89 Å². The summed E-state index contributed by atoms with van der Waals surface area (Å²) in [6.45, 7) is 3.73. The van der Waals surface area contributed by atoms with Crippen molar-refractivity contribution in [1.29, 1.82) is 0 Å². The van der Waals surface area contributed by atoms with Gasteiger partial charge in [-0.05, 0) is 5.92 Å². The quantitative estimate of drug-likeness (QED) is 0.693. The molecular weight excluding hydrogens is 200 g/mol. The Morgan fingerprint density at radius 1 is 1.47 bits per heavy atom. The normalized spacial score (nSPS) is 12.5. The lowest BCUT2D eigenvalue weighted by Gasteiger charge is -2.16. The molecule has 1 rings (SSSR count). The number of amides is 1. The molecule has 7 nitrogen and oxygen atoms in total. The zero-order chi connectivity index (χ0) is 11.4. The van der Waals surface area contributed by atoms with E-state index in [2.05, 4.69) is 20.8 Å². The highest BCUT2D eigenvalue weighted by Gasteiger charge is 2.23. The molecule has 0 spiro atoms. The molecule has 0 aliphatic heterocycles. The van der Waals surface area contributed by atoms with Crippen molar-refractivity contribution in [2.45, 2.75) is 19.9 Å². The van der Waals surface area contributed by atoms with Crippen molar-refractivity contribution < 1.29 is 14.3 Å². The predicted octanol–water partition coefficient (Wildman–Crippen LogP) is 1.08. The number of aromatic nitrogens is 2. The summed E-state index contributed by atoms with van der Waals surface area (Å²) < 4.78 is 5.20. The second kappa shape index (κ2) is 4.63. The Bertz CT molecular complexity index is 336. The molecule has 0 aliphatic carbocycles. The summed E-state index contributed by atoms with van der Waals surface area (Å²) in [4.78, 5) is 10.5. The van der Waals surface area contributed by atoms with Crippen LogP contribution >= 0.6 is 0 Å². The maximum absolute atomic E-state index is 10.5. The molecule has 0 bridgehead atoms. The molecule has 1 amide bonds. The Morgan fingerprint density at radius 3 is 2.53 bits per heavy atom. The zero-order valence-electron chi connectivity index (χ0n) is 8.81. The Morgan fingerprint density at radius 2 is 2.13 bits per heavy atom. The van der Waals surface area contributed by atoms with Gasteiger partial charge in [-0.1, -0.05) is 18.9 Å². The van der Waals surface area contributed by atoms with Gasteiger partial charge in [0.15, 0.2) is 0 Å². The van der Waals surface area contributed by atoms with Crippen molar-refractivity contribution in [3.8, 4) is 0 Å². The van der Waals surface area contributed by atoms with E-state index in [0.717, 1.165) is 0 Å². The second-order valence-electron chi connectivity index (χ2n) is 3.37. The number of nitrogens with one attached hydrogen (secondary N) is 2. The Kier molecular flexibility index (Phi) is 3.48. The molecule has 0 saturated carbocycles. The van der Waals surface area contributed by atoms with Gasteiger partial charge in [-0.25, -0.2) is 4.79 Å². The monoisotopic (exact) mass is 214 g/mol. The fourth-order valence-electron chi connectivity index (χ4n) is 1.11. The van der Waals surface area contributed by atoms with Gasteiger partial charge in [0.2, 0.25) is 5.89 Å². The highest BCUT2D eigenvalue weighted by molar-refractivity contribution is 5.65. The van der Waals surface area contributed by atoms with Crippen molar-refractivity contribution in [3.63, 3.8) is 0 Å². The van der Waals surface area contributed by atoms with Crippen LogP contribution in [-0.4, -0.2) is 28.4 Å². The molecular formula is C8H14N4O3. The zero-order valence-corrected chi connectivity index (χ0v) is 8.81. The summed E-state index contributed by atoms with van der Waals surface area (Å²) in [7, 11) is 1.65. The first-order chi connectivity index (χ1) is 7.04. The Balaban J connectivity index is 2.83. The van der Waals surface area contributed by atoms with Crippen LogP contribution in [0.5, 0.6) is 0 Å². The smallest absolute Gasteiger partial charge is 0.405 e. The molecule has 7 heteroatoms. The predicted molar refractivity (Wildman–Crippen MR) is 52.6 cm³/mol. The molecule has 0 aromatic carbocycles. The van der Waals surface area contributed by atoms with E-state index in [1.807, 2.05) is 13.8 Å². The number of hydrogen-bond acceptors (Lipinski definition) is 5. The lowest BCUT2D eigenvalue weighted by Crippen LogP contribution is -2.30. The van der Waals surface area contributed by atoms with Gasteiger partial charge < -0.3 is 20.2 Å². The van der Waals surface area contributed by atoms with E-state index in [1.54, 1.807) is 7.05 Å². The molecule has 0 fully saturated rings. The summed E-state index contributed by atoms with van der Waals surface area (Å²) in [6, 6.07) is -0.222. The Hall–Kier alpha value is -1.79. The average Bonchev–Trinajstić information content (AvgIpc) is 2.61. The van der Waals surface area contributed by atoms with Crippen molar-refractivity contribution in [2.75, 3.05) is 12.4 Å². The average molecular weight is 214 g/mol. The minimum atomic E-state index is -1.11. The number of hydrogen-bond donors (Lipinski definition) is 3. The van der Waals surface area contributed by atoms with Gasteiger partial charge in [-0.3, -0.25) is 0 Å². The summed E-state index contributed by atoms with van der Waals surface area (Å²) in [5.74, 6) is 0.294. The van der Waals surface area contributed by atoms with E-state index in [-0.39, 0.29) is 17.8 Å². The van der Waals surface area contributed by atoms with Gasteiger partial charge in [-0.2, -0.15) is 0 Å². The summed E-state index contributed by atoms with van der Waals surface area (Å²) in [6.07, 6.45) is -1.11. The first-order valence-electron chi connectivity index (χ1n) is 4.55. The summed E-state index contributed by atoms with van der Waals surface area (Å²) >= 11 is 0. The molecule has 1 heterocycles. The maximum atomic E-state index is 10.5. The molecule has 3 N–H and O–H groups in total. The molecule has 1 aromatic heterocycles. The van der Waals surface area contributed by atoms with Gasteiger partial charge >= 0.3 is 12.1 Å². The number of anilines is 1. The van der Waals surface area contributed by atoms with Crippen LogP contribution in [0.4, 0.5) is 10.8 Å². The van der Waals surface area contributed by atoms with Gasteiger partial charge in [0, 0.05) is 7.05 Å². The minimum Gasteiger partial charge on any atom is -0.465 e. The third-order valence-electron chi connectivity index (χ3n) is 1.87. The molecule has 0 unspecified atom stereocenters. The molecule has 0 radical (unpaired) electrons. The number of nitrogens with zero attached hydrogens (tertiary/aromatic N) is 2. The molecule has 1 aromatic rings. The maximum Gasteiger partial charge on any atom is 0.405 e. The highest BCUT2D eigenvalue weighted by Crippen LogP contribution is 2.21. The third kappa shape index (κ3) is 2.83. The summed E-state index contributed by atoms with van der Waals surface area (Å²) in [5.41, 5.74) is 0. The van der Waals surface area contributed by atoms with E-state index < -0.39 is 12.1 Å². The fraction of sp³-hybridized carbons (Fsp3) is 0.625. The fourth-order valence-corrected chi connectivity index (χ4v) is 1.11. The van der Waals surface area contributed by atoms with Gasteiger partial charge in [0.25, 0.3) is 0 Å². The van der Waals surface area contributed by atoms with Gasteiger partial charge in [-0.15, -0.1) is 5.10 Å². The van der Waals surface area contributed by atoms with Gasteiger partial charge in [0.1, 0.15) is 6.04 Å². The number of carboxylic acid groups (broad SMARTS) is 1. The minimum absolute atomic E-state index is 0.0336. The number of rotatable bonds is 4. The Labute approximate surface area is 86.9 Å². The largest absolute Gasteiger partial charge is 0.465 e. The van der Waals surface area contributed by atoms with Crippen molar-refractivity contribution in [1.82, 2.24) is 15.5 Å². The molecule has 1 atom stereocenters. The lowest BCUT2D eigenvalue weighted by molar-refractivity contribution is 0.182. The van der Waals surface area contributed by atoms with Crippen LogP contribution in [0.15, 0.2) is 4.42 Å². The third-order valence-corrected chi connectivity index (χ3v) is 1.87. The van der Waals surface area contributed by atoms with Crippen LogP contribution in [0, 0.1) is 5.92 Å². The van der Waals surface area contributed by atoms with E-state index in [0.29, 0.717) is 0 Å². The standard InChI is InChI=1S/C8H14N4O3/c1-4(2)5(10-8(13)14)6-11-12-7(9-3)15-6/h4-5,10H,1-3H3,(H,9,12)(H,13,14)/t5-/m1/s1. The van der Waals surface area contributed by atoms with E-state index >= 15 is 0 Å². The van der Waals surface area contributed by atoms with E-state index in [1.165, 1.54) is 0 Å². The van der Waals surface area contributed by atoms with Crippen molar-refractivity contribution in [2.24, 2.45) is 5.92 Å². The van der Waals surface area contributed by atoms with E-state index in [9.17, 15) is 4.79 Å². The first kappa shape index (κ1) is 11.3. The van der Waals surface area contributed by atoms with Crippen LogP contribution in [-0.2, 0) is 0 Å². The van der Waals surface area contributed by atoms with Crippen LogP contribution in [0.25, 0.3) is 0 Å².